The van der Waals surface area contributed by atoms with Crippen molar-refractivity contribution in [3.05, 3.63) is 75.8 Å². The van der Waals surface area contributed by atoms with Crippen LogP contribution < -0.4 is 0 Å². The Morgan fingerprint density at radius 1 is 1.08 bits per heavy atom. The van der Waals surface area contributed by atoms with Crippen LogP contribution >= 0.6 is 11.6 Å². The number of benzene rings is 2. The molecule has 2 unspecified atom stereocenters. The van der Waals surface area contributed by atoms with Crippen LogP contribution in [0.1, 0.15) is 29.2 Å². The molecule has 1 aliphatic heterocycles. The summed E-state index contributed by atoms with van der Waals surface area (Å²) in [5.74, 6) is 0. The second kappa shape index (κ2) is 6.93. The lowest BCUT2D eigenvalue weighted by molar-refractivity contribution is -0.00239. The molecule has 0 bridgehead atoms. The monoisotopic (exact) mass is 355 g/mol. The molecule has 1 aliphatic carbocycles. The summed E-state index contributed by atoms with van der Waals surface area (Å²) in [4.78, 5) is 2.24. The lowest BCUT2D eigenvalue weighted by atomic mass is 9.98. The fourth-order valence-corrected chi connectivity index (χ4v) is 4.16. The Morgan fingerprint density at radius 3 is 2.68 bits per heavy atom. The van der Waals surface area contributed by atoms with Gasteiger partial charge in [-0.3, -0.25) is 4.90 Å². The first-order valence-electron chi connectivity index (χ1n) is 8.75. The van der Waals surface area contributed by atoms with Gasteiger partial charge in [-0.2, -0.15) is 0 Å². The molecule has 1 heterocycles. The van der Waals surface area contributed by atoms with Crippen molar-refractivity contribution in [2.24, 2.45) is 0 Å². The zero-order chi connectivity index (χ0) is 17.4. The molecule has 0 saturated heterocycles. The number of aliphatic hydroxyl groups excluding tert-OH is 2. The molecule has 2 N–H and O–H groups in total. The maximum atomic E-state index is 10.4. The molecule has 25 heavy (non-hydrogen) atoms. The Labute approximate surface area is 153 Å². The molecule has 2 atom stereocenters. The lowest BCUT2D eigenvalue weighted by Crippen LogP contribution is -2.39. The zero-order valence-electron chi connectivity index (χ0n) is 14.0. The highest BCUT2D eigenvalue weighted by atomic mass is 35.5. The number of fused-ring (bicyclic) bond motifs is 2. The van der Waals surface area contributed by atoms with E-state index in [4.69, 9.17) is 11.6 Å². The molecule has 3 nitrogen and oxygen atoms in total. The minimum atomic E-state index is -0.851. The van der Waals surface area contributed by atoms with Crippen LogP contribution in [0.5, 0.6) is 0 Å². The molecule has 0 fully saturated rings. The largest absolute Gasteiger partial charge is 0.389 e. The lowest BCUT2D eigenvalue weighted by Gasteiger charge is -2.31. The maximum absolute atomic E-state index is 10.4. The summed E-state index contributed by atoms with van der Waals surface area (Å²) in [6.45, 7) is 2.22. The molecule has 0 radical (unpaired) electrons. The van der Waals surface area contributed by atoms with Gasteiger partial charge in [0.1, 0.15) is 6.10 Å². The third-order valence-corrected chi connectivity index (χ3v) is 5.51. The van der Waals surface area contributed by atoms with Gasteiger partial charge in [-0.15, -0.1) is 0 Å². The summed E-state index contributed by atoms with van der Waals surface area (Å²) in [7, 11) is 0. The molecular formula is C21H22ClNO2. The second-order valence-electron chi connectivity index (χ2n) is 6.97. The molecule has 2 aromatic rings. The summed E-state index contributed by atoms with van der Waals surface area (Å²) < 4.78 is 0. The van der Waals surface area contributed by atoms with Crippen LogP contribution in [-0.4, -0.2) is 40.9 Å². The molecule has 130 valence electrons. The van der Waals surface area contributed by atoms with E-state index < -0.39 is 12.2 Å². The molecule has 0 aromatic heterocycles. The SMILES string of the molecule is OC(CN1CCC2=C(Cc3ccc(Cl)cc32)C1)C(O)c1ccccc1. The average Bonchev–Trinajstić information content (AvgIpc) is 2.98. The highest BCUT2D eigenvalue weighted by Crippen LogP contribution is 2.39. The summed E-state index contributed by atoms with van der Waals surface area (Å²) in [5.41, 5.74) is 6.25. The number of hydrogen-bond donors (Lipinski definition) is 2. The van der Waals surface area contributed by atoms with Crippen LogP contribution in [0.15, 0.2) is 54.1 Å². The summed E-state index contributed by atoms with van der Waals surface area (Å²) in [6, 6.07) is 15.5. The predicted octanol–water partition coefficient (Wildman–Crippen LogP) is 3.45. The Hall–Kier alpha value is -1.65. The highest BCUT2D eigenvalue weighted by Gasteiger charge is 2.29. The topological polar surface area (TPSA) is 43.7 Å². The molecule has 0 saturated carbocycles. The van der Waals surface area contributed by atoms with Gasteiger partial charge in [-0.25, -0.2) is 0 Å². The molecule has 2 aliphatic rings. The maximum Gasteiger partial charge on any atom is 0.106 e. The van der Waals surface area contributed by atoms with E-state index in [1.54, 1.807) is 0 Å². The van der Waals surface area contributed by atoms with Crippen LogP contribution in [0.2, 0.25) is 5.02 Å². The van der Waals surface area contributed by atoms with E-state index in [0.717, 1.165) is 36.5 Å². The molecule has 4 rings (SSSR count). The Kier molecular flexibility index (Phi) is 4.65. The molecule has 0 amide bonds. The van der Waals surface area contributed by atoms with Crippen molar-refractivity contribution in [3.8, 4) is 0 Å². The zero-order valence-corrected chi connectivity index (χ0v) is 14.8. The molecular weight excluding hydrogens is 334 g/mol. The van der Waals surface area contributed by atoms with E-state index in [1.165, 1.54) is 22.3 Å². The van der Waals surface area contributed by atoms with E-state index in [2.05, 4.69) is 17.0 Å². The molecule has 4 heteroatoms. The van der Waals surface area contributed by atoms with E-state index in [1.807, 2.05) is 36.4 Å². The van der Waals surface area contributed by atoms with Crippen LogP contribution in [0.4, 0.5) is 0 Å². The van der Waals surface area contributed by atoms with E-state index in [9.17, 15) is 10.2 Å². The summed E-state index contributed by atoms with van der Waals surface area (Å²) in [6.07, 6.45) is 0.297. The number of nitrogens with zero attached hydrogens (tertiary/aromatic N) is 1. The molecule has 2 aromatic carbocycles. The quantitative estimate of drug-likeness (QED) is 0.882. The Balaban J connectivity index is 1.43. The first-order chi connectivity index (χ1) is 12.1. The van der Waals surface area contributed by atoms with Gasteiger partial charge < -0.3 is 10.2 Å². The number of aliphatic hydroxyl groups is 2. The van der Waals surface area contributed by atoms with Crippen molar-refractivity contribution in [2.75, 3.05) is 19.6 Å². The molecule has 0 spiro atoms. The van der Waals surface area contributed by atoms with Crippen LogP contribution in [-0.2, 0) is 6.42 Å². The van der Waals surface area contributed by atoms with E-state index in [-0.39, 0.29) is 0 Å². The summed E-state index contributed by atoms with van der Waals surface area (Å²) >= 11 is 6.15. The van der Waals surface area contributed by atoms with Crippen molar-refractivity contribution in [2.45, 2.75) is 25.0 Å². The van der Waals surface area contributed by atoms with Crippen molar-refractivity contribution >= 4 is 17.2 Å². The minimum Gasteiger partial charge on any atom is -0.389 e. The Bertz CT molecular complexity index is 803. The van der Waals surface area contributed by atoms with Gasteiger partial charge in [0.2, 0.25) is 0 Å². The van der Waals surface area contributed by atoms with Gasteiger partial charge in [-0.1, -0.05) is 48.0 Å². The second-order valence-corrected chi connectivity index (χ2v) is 7.40. The predicted molar refractivity (Wildman–Crippen MR) is 101 cm³/mol. The third-order valence-electron chi connectivity index (χ3n) is 5.27. The fraction of sp³-hybridized carbons (Fsp3) is 0.333. The first kappa shape index (κ1) is 16.8. The number of rotatable bonds is 4. The van der Waals surface area contributed by atoms with E-state index >= 15 is 0 Å². The van der Waals surface area contributed by atoms with Gasteiger partial charge in [-0.05, 0) is 52.8 Å². The highest BCUT2D eigenvalue weighted by molar-refractivity contribution is 6.30. The number of hydrogen-bond acceptors (Lipinski definition) is 3. The van der Waals surface area contributed by atoms with Gasteiger partial charge in [0.25, 0.3) is 0 Å². The van der Waals surface area contributed by atoms with Crippen LogP contribution in [0, 0.1) is 0 Å². The number of halogens is 1. The minimum absolute atomic E-state index is 0.476. The van der Waals surface area contributed by atoms with Gasteiger partial charge in [0, 0.05) is 24.7 Å². The van der Waals surface area contributed by atoms with Crippen LogP contribution in [0.25, 0.3) is 5.57 Å². The number of β-amino-alcohol motifs (C(OH)–C–C–N with tert-alkyl or cyclic N) is 1. The summed E-state index contributed by atoms with van der Waals surface area (Å²) in [5, 5.41) is 21.6. The third kappa shape index (κ3) is 3.38. The van der Waals surface area contributed by atoms with Crippen LogP contribution in [0.3, 0.4) is 0 Å². The average molecular weight is 356 g/mol. The van der Waals surface area contributed by atoms with Gasteiger partial charge in [0.15, 0.2) is 0 Å². The Morgan fingerprint density at radius 2 is 1.88 bits per heavy atom. The van der Waals surface area contributed by atoms with Crippen molar-refractivity contribution in [1.82, 2.24) is 4.90 Å². The standard InChI is InChI=1S/C21H22ClNO2/c22-17-7-6-15-10-16-12-23(9-8-18(16)19(15)11-17)13-20(24)21(25)14-4-2-1-3-5-14/h1-7,11,20-21,24-25H,8-10,12-13H2. The normalized spacial score (nSPS) is 19.5. The van der Waals surface area contributed by atoms with Gasteiger partial charge in [0.05, 0.1) is 6.10 Å². The van der Waals surface area contributed by atoms with Gasteiger partial charge >= 0.3 is 0 Å². The van der Waals surface area contributed by atoms with Crippen molar-refractivity contribution in [3.63, 3.8) is 0 Å². The van der Waals surface area contributed by atoms with Crippen molar-refractivity contribution < 1.29 is 10.2 Å². The van der Waals surface area contributed by atoms with Crippen molar-refractivity contribution in [1.29, 1.82) is 0 Å². The van der Waals surface area contributed by atoms with E-state index in [0.29, 0.717) is 6.54 Å². The fourth-order valence-electron chi connectivity index (χ4n) is 3.99. The first-order valence-corrected chi connectivity index (χ1v) is 9.13. The smallest absolute Gasteiger partial charge is 0.106 e.